The number of nitrogens with one attached hydrogen (secondary N) is 1. The maximum absolute atomic E-state index is 9.98. The molecule has 1 aliphatic rings. The fraction of sp³-hybridized carbons (Fsp3) is 0.333. The van der Waals surface area contributed by atoms with Gasteiger partial charge in [0.15, 0.2) is 0 Å². The number of carbonyl (C=O) groups excluding carboxylic acids is 1. The number of rotatable bonds is 0. The summed E-state index contributed by atoms with van der Waals surface area (Å²) >= 11 is 0. The van der Waals surface area contributed by atoms with Gasteiger partial charge in [-0.3, -0.25) is 4.79 Å². The SMILES string of the molecule is O=C1C[C]=NN1. The van der Waals surface area contributed by atoms with E-state index in [-0.39, 0.29) is 5.91 Å². The number of hydrogen-bond acceptors (Lipinski definition) is 2. The highest BCUT2D eigenvalue weighted by atomic mass is 16.2. The van der Waals surface area contributed by atoms with Gasteiger partial charge < -0.3 is 0 Å². The van der Waals surface area contributed by atoms with Crippen LogP contribution in [0.5, 0.6) is 0 Å². The first-order valence-electron chi connectivity index (χ1n) is 1.61. The van der Waals surface area contributed by atoms with Gasteiger partial charge in [0.25, 0.3) is 0 Å². The molecule has 0 atom stereocenters. The van der Waals surface area contributed by atoms with Gasteiger partial charge >= 0.3 is 0 Å². The van der Waals surface area contributed by atoms with Crippen molar-refractivity contribution in [1.29, 1.82) is 0 Å². The van der Waals surface area contributed by atoms with Gasteiger partial charge in [0.05, 0.1) is 12.6 Å². The minimum Gasteiger partial charge on any atom is -0.273 e. The molecule has 1 N–H and O–H groups in total. The third kappa shape index (κ3) is 0.381. The van der Waals surface area contributed by atoms with Crippen LogP contribution in [0.2, 0.25) is 0 Å². The van der Waals surface area contributed by atoms with E-state index in [1.165, 1.54) is 0 Å². The lowest BCUT2D eigenvalue weighted by Gasteiger charge is -1.76. The second-order valence-electron chi connectivity index (χ2n) is 0.982. The minimum absolute atomic E-state index is 0.0741. The number of amides is 1. The molecule has 1 radical (unpaired) electrons. The van der Waals surface area contributed by atoms with E-state index in [4.69, 9.17) is 0 Å². The Labute approximate surface area is 35.0 Å². The molecule has 3 nitrogen and oxygen atoms in total. The number of hydrazone groups is 1. The Bertz CT molecular complexity index is 87.0. The zero-order valence-corrected chi connectivity index (χ0v) is 3.06. The molecular weight excluding hydrogens is 80.0 g/mol. The molecule has 0 saturated carbocycles. The fourth-order valence-corrected chi connectivity index (χ4v) is 0.253. The van der Waals surface area contributed by atoms with Crippen LogP contribution < -0.4 is 5.43 Å². The Morgan fingerprint density at radius 1 is 2.00 bits per heavy atom. The van der Waals surface area contributed by atoms with Crippen molar-refractivity contribution in [3.63, 3.8) is 0 Å². The van der Waals surface area contributed by atoms with E-state index in [9.17, 15) is 4.79 Å². The summed E-state index contributed by atoms with van der Waals surface area (Å²) < 4.78 is 0. The lowest BCUT2D eigenvalue weighted by atomic mass is 10.5. The van der Waals surface area contributed by atoms with E-state index in [1.54, 1.807) is 0 Å². The molecule has 0 aliphatic carbocycles. The quantitative estimate of drug-likeness (QED) is 0.416. The van der Waals surface area contributed by atoms with Crippen molar-refractivity contribution in [1.82, 2.24) is 5.43 Å². The minimum atomic E-state index is -0.0741. The standard InChI is InChI=1S/C3H3N2O/c6-3-1-2-4-5-3/h1H2,(H,5,6). The molecule has 0 fully saturated rings. The third-order valence-electron chi connectivity index (χ3n) is 0.499. The monoisotopic (exact) mass is 83.0 g/mol. The molecule has 6 heavy (non-hydrogen) atoms. The van der Waals surface area contributed by atoms with Crippen LogP contribution in [0.25, 0.3) is 0 Å². The van der Waals surface area contributed by atoms with Crippen LogP contribution in [0.4, 0.5) is 0 Å². The van der Waals surface area contributed by atoms with Crippen molar-refractivity contribution in [2.24, 2.45) is 5.10 Å². The van der Waals surface area contributed by atoms with Crippen LogP contribution in [-0.2, 0) is 4.79 Å². The summed E-state index contributed by atoms with van der Waals surface area (Å²) in [5, 5.41) is 3.31. The van der Waals surface area contributed by atoms with Gasteiger partial charge in [0.2, 0.25) is 5.91 Å². The van der Waals surface area contributed by atoms with E-state index in [1.807, 2.05) is 0 Å². The van der Waals surface area contributed by atoms with Crippen LogP contribution in [0.15, 0.2) is 5.10 Å². The average molecular weight is 83.1 g/mol. The van der Waals surface area contributed by atoms with Crippen molar-refractivity contribution >= 4 is 12.1 Å². The van der Waals surface area contributed by atoms with E-state index in [0.29, 0.717) is 6.42 Å². The normalized spacial score (nSPS) is 18.3. The second kappa shape index (κ2) is 1.08. The molecule has 0 aromatic carbocycles. The summed E-state index contributed by atoms with van der Waals surface area (Å²) in [5.41, 5.74) is 2.19. The van der Waals surface area contributed by atoms with Crippen molar-refractivity contribution in [3.05, 3.63) is 0 Å². The molecule has 3 heteroatoms. The van der Waals surface area contributed by atoms with Crippen LogP contribution in [0, 0.1) is 0 Å². The highest BCUT2D eigenvalue weighted by Crippen LogP contribution is 1.79. The molecule has 0 spiro atoms. The molecule has 1 heterocycles. The topological polar surface area (TPSA) is 41.5 Å². The summed E-state index contributed by atoms with van der Waals surface area (Å²) in [6.07, 6.45) is 2.76. The Balaban J connectivity index is 2.52. The number of hydrogen-bond donors (Lipinski definition) is 1. The van der Waals surface area contributed by atoms with Gasteiger partial charge in [0.1, 0.15) is 0 Å². The average Bonchev–Trinajstić information content (AvgIpc) is 1.86. The van der Waals surface area contributed by atoms with E-state index >= 15 is 0 Å². The predicted molar refractivity (Wildman–Crippen MR) is 20.2 cm³/mol. The maximum Gasteiger partial charge on any atom is 0.246 e. The Hall–Kier alpha value is -0.860. The van der Waals surface area contributed by atoms with Crippen molar-refractivity contribution < 1.29 is 4.79 Å². The van der Waals surface area contributed by atoms with Crippen molar-refractivity contribution in [3.8, 4) is 0 Å². The molecule has 0 saturated heterocycles. The highest BCUT2D eigenvalue weighted by molar-refractivity contribution is 5.93. The molecule has 0 aromatic heterocycles. The lowest BCUT2D eigenvalue weighted by molar-refractivity contribution is -0.119. The second-order valence-corrected chi connectivity index (χ2v) is 0.982. The first-order chi connectivity index (χ1) is 2.89. The van der Waals surface area contributed by atoms with Gasteiger partial charge in [-0.05, 0) is 0 Å². The number of nitrogens with zero attached hydrogens (tertiary/aromatic N) is 1. The van der Waals surface area contributed by atoms with Crippen LogP contribution in [0.1, 0.15) is 6.42 Å². The van der Waals surface area contributed by atoms with E-state index in [0.717, 1.165) is 0 Å². The molecule has 1 aliphatic heterocycles. The van der Waals surface area contributed by atoms with Gasteiger partial charge in [0, 0.05) is 0 Å². The smallest absolute Gasteiger partial charge is 0.246 e. The first-order valence-corrected chi connectivity index (χ1v) is 1.61. The van der Waals surface area contributed by atoms with Crippen LogP contribution in [-0.4, -0.2) is 12.1 Å². The van der Waals surface area contributed by atoms with Gasteiger partial charge in [-0.15, -0.1) is 0 Å². The predicted octanol–water partition coefficient (Wildman–Crippen LogP) is -0.631. The zero-order valence-electron chi connectivity index (χ0n) is 3.06. The fourth-order valence-electron chi connectivity index (χ4n) is 0.253. The summed E-state index contributed by atoms with van der Waals surface area (Å²) in [7, 11) is 0. The molecule has 1 rings (SSSR count). The molecule has 0 aromatic rings. The number of carbonyl (C=O) groups is 1. The first kappa shape index (κ1) is 3.33. The summed E-state index contributed by atoms with van der Waals surface area (Å²) in [6.45, 7) is 0. The molecule has 0 unspecified atom stereocenters. The van der Waals surface area contributed by atoms with Gasteiger partial charge in [-0.2, -0.15) is 5.10 Å². The van der Waals surface area contributed by atoms with Gasteiger partial charge in [-0.25, -0.2) is 5.43 Å². The highest BCUT2D eigenvalue weighted by Gasteiger charge is 2.00. The van der Waals surface area contributed by atoms with Crippen LogP contribution in [0.3, 0.4) is 0 Å². The Kier molecular flexibility index (Phi) is 0.602. The maximum atomic E-state index is 9.98. The largest absolute Gasteiger partial charge is 0.273 e. The molecular formula is C3H3N2O. The van der Waals surface area contributed by atoms with Gasteiger partial charge in [-0.1, -0.05) is 0 Å². The summed E-state index contributed by atoms with van der Waals surface area (Å²) in [4.78, 5) is 9.98. The molecule has 1 amide bonds. The summed E-state index contributed by atoms with van der Waals surface area (Å²) in [5.74, 6) is -0.0741. The van der Waals surface area contributed by atoms with Crippen molar-refractivity contribution in [2.45, 2.75) is 6.42 Å². The lowest BCUT2D eigenvalue weighted by Crippen LogP contribution is -2.08. The Morgan fingerprint density at radius 2 is 2.83 bits per heavy atom. The van der Waals surface area contributed by atoms with E-state index < -0.39 is 0 Å². The zero-order chi connectivity index (χ0) is 4.41. The Morgan fingerprint density at radius 3 is 3.00 bits per heavy atom. The van der Waals surface area contributed by atoms with Crippen molar-refractivity contribution in [2.75, 3.05) is 0 Å². The van der Waals surface area contributed by atoms with E-state index in [2.05, 4.69) is 16.7 Å². The summed E-state index contributed by atoms with van der Waals surface area (Å²) in [6, 6.07) is 0. The molecule has 0 bridgehead atoms. The third-order valence-corrected chi connectivity index (χ3v) is 0.499. The molecule has 31 valence electrons. The van der Waals surface area contributed by atoms with Crippen LogP contribution >= 0.6 is 0 Å².